The molecule has 0 amide bonds. The quantitative estimate of drug-likeness (QED) is 0.325. The summed E-state index contributed by atoms with van der Waals surface area (Å²) in [5.74, 6) is 2.46. The molecule has 0 saturated heterocycles. The van der Waals surface area contributed by atoms with Gasteiger partial charge in [-0.05, 0) is 59.7 Å². The zero-order chi connectivity index (χ0) is 22.4. The van der Waals surface area contributed by atoms with Crippen molar-refractivity contribution in [3.63, 3.8) is 0 Å². The Morgan fingerprint density at radius 1 is 0.719 bits per heavy atom. The molecule has 1 aliphatic rings. The molecule has 0 bridgehead atoms. The standard InChI is InChI=1S/C29H34O3/c1-4-5-9-22-20-28(21-22)32-29(23-10-7-6-8-11-23,24-12-16-26(30-2)17-13-24)25-14-18-27(31-3)19-15-25/h6-8,10-19,22,28H,4-5,9,20-21H2,1-3H3. The van der Waals surface area contributed by atoms with Gasteiger partial charge in [-0.2, -0.15) is 0 Å². The van der Waals surface area contributed by atoms with Gasteiger partial charge in [-0.15, -0.1) is 0 Å². The molecule has 0 spiro atoms. The highest BCUT2D eigenvalue weighted by Crippen LogP contribution is 2.46. The van der Waals surface area contributed by atoms with Gasteiger partial charge in [0, 0.05) is 0 Å². The number of ether oxygens (including phenoxy) is 3. The molecule has 3 heteroatoms. The van der Waals surface area contributed by atoms with Gasteiger partial charge in [0.05, 0.1) is 20.3 Å². The van der Waals surface area contributed by atoms with E-state index in [-0.39, 0.29) is 6.10 Å². The van der Waals surface area contributed by atoms with Crippen LogP contribution in [0, 0.1) is 5.92 Å². The van der Waals surface area contributed by atoms with E-state index in [1.807, 2.05) is 24.3 Å². The smallest absolute Gasteiger partial charge is 0.144 e. The second-order valence-corrected chi connectivity index (χ2v) is 8.72. The van der Waals surface area contributed by atoms with Crippen molar-refractivity contribution in [2.75, 3.05) is 14.2 Å². The third-order valence-electron chi connectivity index (χ3n) is 6.68. The van der Waals surface area contributed by atoms with Crippen LogP contribution in [0.2, 0.25) is 0 Å². The zero-order valence-electron chi connectivity index (χ0n) is 19.4. The molecule has 0 heterocycles. The summed E-state index contributed by atoms with van der Waals surface area (Å²) in [7, 11) is 3.40. The summed E-state index contributed by atoms with van der Waals surface area (Å²) < 4.78 is 18.0. The second kappa shape index (κ2) is 10.2. The maximum absolute atomic E-state index is 7.11. The van der Waals surface area contributed by atoms with E-state index in [4.69, 9.17) is 14.2 Å². The fraction of sp³-hybridized carbons (Fsp3) is 0.379. The van der Waals surface area contributed by atoms with Crippen molar-refractivity contribution >= 4 is 0 Å². The predicted octanol–water partition coefficient (Wildman–Crippen LogP) is 6.98. The molecule has 0 atom stereocenters. The molecule has 3 aromatic rings. The first kappa shape index (κ1) is 22.4. The molecule has 3 nitrogen and oxygen atoms in total. The van der Waals surface area contributed by atoms with Crippen molar-refractivity contribution in [2.24, 2.45) is 5.92 Å². The van der Waals surface area contributed by atoms with Gasteiger partial charge < -0.3 is 14.2 Å². The van der Waals surface area contributed by atoms with E-state index in [2.05, 4.69) is 61.5 Å². The number of rotatable bonds is 10. The Labute approximate surface area is 192 Å². The van der Waals surface area contributed by atoms with E-state index in [0.29, 0.717) is 0 Å². The third-order valence-corrected chi connectivity index (χ3v) is 6.68. The van der Waals surface area contributed by atoms with Crippen molar-refractivity contribution in [3.8, 4) is 11.5 Å². The maximum Gasteiger partial charge on any atom is 0.144 e. The highest BCUT2D eigenvalue weighted by atomic mass is 16.5. The Hall–Kier alpha value is -2.78. The minimum absolute atomic E-state index is 0.237. The van der Waals surface area contributed by atoms with Crippen LogP contribution >= 0.6 is 0 Å². The molecule has 1 aliphatic carbocycles. The molecule has 3 aromatic carbocycles. The van der Waals surface area contributed by atoms with E-state index < -0.39 is 5.60 Å². The normalized spacial score (nSPS) is 18.1. The Balaban J connectivity index is 1.78. The average Bonchev–Trinajstić information content (AvgIpc) is 2.84. The molecule has 0 N–H and O–H groups in total. The van der Waals surface area contributed by atoms with Crippen LogP contribution in [0.3, 0.4) is 0 Å². The zero-order valence-corrected chi connectivity index (χ0v) is 19.4. The van der Waals surface area contributed by atoms with Crippen molar-refractivity contribution in [2.45, 2.75) is 50.7 Å². The lowest BCUT2D eigenvalue weighted by Crippen LogP contribution is -2.42. The lowest BCUT2D eigenvalue weighted by molar-refractivity contribution is -0.104. The summed E-state index contributed by atoms with van der Waals surface area (Å²) in [6, 6.07) is 27.2. The maximum atomic E-state index is 7.11. The van der Waals surface area contributed by atoms with Gasteiger partial charge in [0.25, 0.3) is 0 Å². The first-order valence-electron chi connectivity index (χ1n) is 11.7. The van der Waals surface area contributed by atoms with Crippen molar-refractivity contribution < 1.29 is 14.2 Å². The highest BCUT2D eigenvalue weighted by molar-refractivity contribution is 5.49. The summed E-state index contributed by atoms with van der Waals surface area (Å²) >= 11 is 0. The van der Waals surface area contributed by atoms with Crippen LogP contribution in [-0.4, -0.2) is 20.3 Å². The Bertz CT molecular complexity index is 910. The van der Waals surface area contributed by atoms with Crippen LogP contribution in [0.15, 0.2) is 78.9 Å². The minimum Gasteiger partial charge on any atom is -0.497 e. The van der Waals surface area contributed by atoms with Crippen LogP contribution < -0.4 is 9.47 Å². The Morgan fingerprint density at radius 3 is 1.69 bits per heavy atom. The van der Waals surface area contributed by atoms with E-state index in [1.54, 1.807) is 14.2 Å². The summed E-state index contributed by atoms with van der Waals surface area (Å²) in [6.45, 7) is 2.26. The fourth-order valence-electron chi connectivity index (χ4n) is 4.78. The van der Waals surface area contributed by atoms with Gasteiger partial charge in [-0.3, -0.25) is 0 Å². The first-order chi connectivity index (χ1) is 15.7. The number of methoxy groups -OCH3 is 2. The van der Waals surface area contributed by atoms with Gasteiger partial charge in [0.2, 0.25) is 0 Å². The number of unbranched alkanes of at least 4 members (excludes halogenated alkanes) is 1. The van der Waals surface area contributed by atoms with Gasteiger partial charge >= 0.3 is 0 Å². The molecule has 0 radical (unpaired) electrons. The number of hydrogen-bond donors (Lipinski definition) is 0. The lowest BCUT2D eigenvalue weighted by Gasteiger charge is -2.44. The van der Waals surface area contributed by atoms with E-state index in [9.17, 15) is 0 Å². The number of benzene rings is 3. The predicted molar refractivity (Wildman–Crippen MR) is 129 cm³/mol. The van der Waals surface area contributed by atoms with E-state index >= 15 is 0 Å². The van der Waals surface area contributed by atoms with Crippen LogP contribution in [0.4, 0.5) is 0 Å². The van der Waals surface area contributed by atoms with Crippen molar-refractivity contribution in [1.82, 2.24) is 0 Å². The summed E-state index contributed by atoms with van der Waals surface area (Å²) in [5, 5.41) is 0. The monoisotopic (exact) mass is 430 g/mol. The van der Waals surface area contributed by atoms with Crippen LogP contribution in [-0.2, 0) is 10.3 Å². The van der Waals surface area contributed by atoms with Gasteiger partial charge in [-0.1, -0.05) is 80.8 Å². The lowest BCUT2D eigenvalue weighted by atomic mass is 9.76. The second-order valence-electron chi connectivity index (χ2n) is 8.72. The molecule has 32 heavy (non-hydrogen) atoms. The summed E-state index contributed by atoms with van der Waals surface area (Å²) in [6.07, 6.45) is 6.36. The van der Waals surface area contributed by atoms with E-state index in [0.717, 1.165) is 46.9 Å². The summed E-state index contributed by atoms with van der Waals surface area (Å²) in [5.41, 5.74) is 2.64. The largest absolute Gasteiger partial charge is 0.497 e. The summed E-state index contributed by atoms with van der Waals surface area (Å²) in [4.78, 5) is 0. The molecule has 0 aromatic heterocycles. The molecule has 0 aliphatic heterocycles. The third kappa shape index (κ3) is 4.54. The molecule has 4 rings (SSSR count). The van der Waals surface area contributed by atoms with Crippen LogP contribution in [0.1, 0.15) is 55.7 Å². The topological polar surface area (TPSA) is 27.7 Å². The first-order valence-corrected chi connectivity index (χ1v) is 11.7. The Morgan fingerprint density at radius 2 is 1.22 bits per heavy atom. The fourth-order valence-corrected chi connectivity index (χ4v) is 4.78. The van der Waals surface area contributed by atoms with Gasteiger partial charge in [0.1, 0.15) is 17.1 Å². The molecular formula is C29H34O3. The van der Waals surface area contributed by atoms with Gasteiger partial charge in [0.15, 0.2) is 0 Å². The SMILES string of the molecule is CCCCC1CC(OC(c2ccccc2)(c2ccc(OC)cc2)c2ccc(OC)cc2)C1. The molecule has 1 fully saturated rings. The molecule has 1 saturated carbocycles. The van der Waals surface area contributed by atoms with Crippen molar-refractivity contribution in [1.29, 1.82) is 0 Å². The molecule has 0 unspecified atom stereocenters. The highest BCUT2D eigenvalue weighted by Gasteiger charge is 2.43. The van der Waals surface area contributed by atoms with Crippen molar-refractivity contribution in [3.05, 3.63) is 95.6 Å². The minimum atomic E-state index is -0.694. The Kier molecular flexibility index (Phi) is 7.16. The van der Waals surface area contributed by atoms with E-state index in [1.165, 1.54) is 19.3 Å². The average molecular weight is 431 g/mol. The molecular weight excluding hydrogens is 396 g/mol. The molecule has 168 valence electrons. The van der Waals surface area contributed by atoms with Gasteiger partial charge in [-0.25, -0.2) is 0 Å². The number of hydrogen-bond acceptors (Lipinski definition) is 3. The van der Waals surface area contributed by atoms with Crippen LogP contribution in [0.5, 0.6) is 11.5 Å². The van der Waals surface area contributed by atoms with Crippen LogP contribution in [0.25, 0.3) is 0 Å².